The molecule has 0 aliphatic heterocycles. The van der Waals surface area contributed by atoms with Gasteiger partial charge in [-0.1, -0.05) is 146 Å². The third kappa shape index (κ3) is 6.75. The maximum absolute atomic E-state index is 3.67. The van der Waals surface area contributed by atoms with E-state index in [1.54, 1.807) is 0 Å². The van der Waals surface area contributed by atoms with E-state index in [1.165, 1.54) is 77.0 Å². The zero-order valence-electron chi connectivity index (χ0n) is 35.0. The SMILES string of the molecule is c1ccc(-c2cccc(Nc3ccc(-n4c5ccccc5c5cc(-c6ccc(-c7ccc(Nc8ccc9c%10ccccc%10n(-c%10ccccc%10)c9c8)cc7)cc6)ccc54)cc3)c2)cc1. The van der Waals surface area contributed by atoms with E-state index in [-0.39, 0.29) is 0 Å². The molecule has 0 unspecified atom stereocenters. The number of fused-ring (bicyclic) bond motifs is 6. The Morgan fingerprint density at radius 2 is 0.641 bits per heavy atom. The van der Waals surface area contributed by atoms with Gasteiger partial charge in [0.2, 0.25) is 0 Å². The zero-order valence-corrected chi connectivity index (χ0v) is 35.0. The van der Waals surface area contributed by atoms with Gasteiger partial charge in [0.15, 0.2) is 0 Å². The van der Waals surface area contributed by atoms with Crippen LogP contribution in [0.5, 0.6) is 0 Å². The fourth-order valence-electron chi connectivity index (χ4n) is 9.37. The van der Waals surface area contributed by atoms with Gasteiger partial charge in [-0.25, -0.2) is 0 Å². The van der Waals surface area contributed by atoms with Crippen LogP contribution in [0.15, 0.2) is 243 Å². The number of para-hydroxylation sites is 3. The molecule has 0 saturated heterocycles. The molecule has 12 aromatic rings. The molecular weight excluding hydrogens is 777 g/mol. The van der Waals surface area contributed by atoms with Crippen molar-refractivity contribution in [3.8, 4) is 44.8 Å². The molecule has 2 N–H and O–H groups in total. The molecule has 12 rings (SSSR count). The first-order valence-electron chi connectivity index (χ1n) is 21.8. The van der Waals surface area contributed by atoms with Gasteiger partial charge in [-0.2, -0.15) is 0 Å². The summed E-state index contributed by atoms with van der Waals surface area (Å²) in [4.78, 5) is 0. The Labute approximate surface area is 371 Å². The first-order valence-corrected chi connectivity index (χ1v) is 21.8. The molecule has 64 heavy (non-hydrogen) atoms. The Bertz CT molecular complexity index is 3620. The van der Waals surface area contributed by atoms with E-state index in [9.17, 15) is 0 Å². The van der Waals surface area contributed by atoms with Crippen molar-refractivity contribution >= 4 is 66.4 Å². The molecule has 0 radical (unpaired) electrons. The highest BCUT2D eigenvalue weighted by atomic mass is 15.0. The van der Waals surface area contributed by atoms with Crippen LogP contribution in [0.2, 0.25) is 0 Å². The first-order chi connectivity index (χ1) is 31.7. The lowest BCUT2D eigenvalue weighted by molar-refractivity contribution is 1.18. The molecule has 0 spiro atoms. The summed E-state index contributed by atoms with van der Waals surface area (Å²) in [5.41, 5.74) is 18.4. The van der Waals surface area contributed by atoms with Gasteiger partial charge in [0.05, 0.1) is 22.1 Å². The Balaban J connectivity index is 0.782. The van der Waals surface area contributed by atoms with Gasteiger partial charge in [-0.15, -0.1) is 0 Å². The van der Waals surface area contributed by atoms with Crippen LogP contribution in [0, 0.1) is 0 Å². The van der Waals surface area contributed by atoms with Crippen LogP contribution in [0.25, 0.3) is 88.4 Å². The van der Waals surface area contributed by atoms with Crippen LogP contribution >= 0.6 is 0 Å². The first kappa shape index (κ1) is 37.2. The smallest absolute Gasteiger partial charge is 0.0561 e. The lowest BCUT2D eigenvalue weighted by atomic mass is 9.99. The number of benzene rings is 10. The Morgan fingerprint density at radius 3 is 1.33 bits per heavy atom. The summed E-state index contributed by atoms with van der Waals surface area (Å²) in [7, 11) is 0. The predicted octanol–water partition coefficient (Wildman–Crippen LogP) is 16.4. The quantitative estimate of drug-likeness (QED) is 0.152. The second-order valence-corrected chi connectivity index (χ2v) is 16.4. The number of anilines is 4. The van der Waals surface area contributed by atoms with Gasteiger partial charge in [-0.05, 0) is 130 Å². The second kappa shape index (κ2) is 15.7. The van der Waals surface area contributed by atoms with Crippen LogP contribution in [-0.2, 0) is 0 Å². The molecular formula is C60H42N4. The van der Waals surface area contributed by atoms with Crippen molar-refractivity contribution in [2.45, 2.75) is 0 Å². The molecule has 2 heterocycles. The van der Waals surface area contributed by atoms with E-state index in [1.807, 2.05) is 0 Å². The fraction of sp³-hybridized carbons (Fsp3) is 0. The highest BCUT2D eigenvalue weighted by Gasteiger charge is 2.15. The van der Waals surface area contributed by atoms with Crippen molar-refractivity contribution in [3.63, 3.8) is 0 Å². The Hall–Kier alpha value is -8.60. The van der Waals surface area contributed by atoms with Crippen molar-refractivity contribution in [2.24, 2.45) is 0 Å². The minimum Gasteiger partial charge on any atom is -0.356 e. The third-order valence-electron chi connectivity index (χ3n) is 12.5. The van der Waals surface area contributed by atoms with Crippen molar-refractivity contribution in [1.29, 1.82) is 0 Å². The van der Waals surface area contributed by atoms with Gasteiger partial charge >= 0.3 is 0 Å². The van der Waals surface area contributed by atoms with Crippen LogP contribution in [0.1, 0.15) is 0 Å². The summed E-state index contributed by atoms with van der Waals surface area (Å²) >= 11 is 0. The van der Waals surface area contributed by atoms with Gasteiger partial charge in [0.25, 0.3) is 0 Å². The summed E-state index contributed by atoms with van der Waals surface area (Å²) in [5.74, 6) is 0. The summed E-state index contributed by atoms with van der Waals surface area (Å²) in [6, 6.07) is 87.0. The molecule has 0 atom stereocenters. The van der Waals surface area contributed by atoms with E-state index in [4.69, 9.17) is 0 Å². The largest absolute Gasteiger partial charge is 0.356 e. The Kier molecular flexibility index (Phi) is 9.12. The number of rotatable bonds is 9. The number of hydrogen-bond donors (Lipinski definition) is 2. The molecule has 0 bridgehead atoms. The minimum atomic E-state index is 1.05. The fourth-order valence-corrected chi connectivity index (χ4v) is 9.37. The van der Waals surface area contributed by atoms with Crippen LogP contribution in [-0.4, -0.2) is 9.13 Å². The molecule has 4 heteroatoms. The van der Waals surface area contributed by atoms with Crippen molar-refractivity contribution < 1.29 is 0 Å². The normalized spacial score (nSPS) is 11.4. The van der Waals surface area contributed by atoms with Gasteiger partial charge in [0, 0.05) is 55.7 Å². The molecule has 0 fully saturated rings. The lowest BCUT2D eigenvalue weighted by Crippen LogP contribution is -1.95. The zero-order chi connectivity index (χ0) is 42.4. The number of nitrogens with one attached hydrogen (secondary N) is 2. The second-order valence-electron chi connectivity index (χ2n) is 16.4. The summed E-state index contributed by atoms with van der Waals surface area (Å²) < 4.78 is 4.73. The maximum atomic E-state index is 3.67. The van der Waals surface area contributed by atoms with Gasteiger partial charge in [-0.3, -0.25) is 0 Å². The molecule has 0 aliphatic carbocycles. The maximum Gasteiger partial charge on any atom is 0.0561 e. The predicted molar refractivity (Wildman–Crippen MR) is 271 cm³/mol. The molecule has 302 valence electrons. The lowest BCUT2D eigenvalue weighted by Gasteiger charge is -2.12. The monoisotopic (exact) mass is 818 g/mol. The summed E-state index contributed by atoms with van der Waals surface area (Å²) in [6.45, 7) is 0. The summed E-state index contributed by atoms with van der Waals surface area (Å²) in [5, 5.41) is 12.3. The van der Waals surface area contributed by atoms with E-state index >= 15 is 0 Å². The Morgan fingerprint density at radius 1 is 0.219 bits per heavy atom. The number of hydrogen-bond acceptors (Lipinski definition) is 2. The van der Waals surface area contributed by atoms with Crippen LogP contribution in [0.3, 0.4) is 0 Å². The number of nitrogens with zero attached hydrogens (tertiary/aromatic N) is 2. The molecule has 0 saturated carbocycles. The summed E-state index contributed by atoms with van der Waals surface area (Å²) in [6.07, 6.45) is 0. The molecule has 0 amide bonds. The number of aromatic nitrogens is 2. The average Bonchev–Trinajstić information content (AvgIpc) is 3.87. The van der Waals surface area contributed by atoms with Crippen molar-refractivity contribution in [3.05, 3.63) is 243 Å². The van der Waals surface area contributed by atoms with Crippen molar-refractivity contribution in [2.75, 3.05) is 10.6 Å². The molecule has 4 nitrogen and oxygen atoms in total. The average molecular weight is 819 g/mol. The van der Waals surface area contributed by atoms with E-state index in [0.717, 1.165) is 34.1 Å². The highest BCUT2D eigenvalue weighted by molar-refractivity contribution is 6.11. The third-order valence-corrected chi connectivity index (χ3v) is 12.5. The van der Waals surface area contributed by atoms with E-state index in [2.05, 4.69) is 262 Å². The van der Waals surface area contributed by atoms with Crippen LogP contribution in [0.4, 0.5) is 22.7 Å². The van der Waals surface area contributed by atoms with Crippen LogP contribution < -0.4 is 10.6 Å². The molecule has 10 aromatic carbocycles. The topological polar surface area (TPSA) is 33.9 Å². The van der Waals surface area contributed by atoms with Gasteiger partial charge in [0.1, 0.15) is 0 Å². The molecule has 0 aliphatic rings. The minimum absolute atomic E-state index is 1.05. The highest BCUT2D eigenvalue weighted by Crippen LogP contribution is 2.37. The standard InChI is InChI=1S/C60H42N4/c1-3-12-41(13-4-1)45-14-11-15-49(38-45)61-48-31-34-52(35-32-48)63-58-21-10-8-19-54(58)56-39-46(28-37-59(56)63)44-24-22-42(23-25-44)43-26-29-47(30-27-43)62-50-33-36-55-53-18-7-9-20-57(53)64(60(55)40-50)51-16-5-2-6-17-51/h1-40,61-62H. The molecule has 2 aromatic heterocycles. The van der Waals surface area contributed by atoms with E-state index in [0.29, 0.717) is 0 Å². The van der Waals surface area contributed by atoms with E-state index < -0.39 is 0 Å². The van der Waals surface area contributed by atoms with Gasteiger partial charge < -0.3 is 19.8 Å². The van der Waals surface area contributed by atoms with Crippen molar-refractivity contribution in [1.82, 2.24) is 9.13 Å².